The van der Waals surface area contributed by atoms with Gasteiger partial charge in [-0.3, -0.25) is 0 Å². The third-order valence-corrected chi connectivity index (χ3v) is 3.18. The molecule has 4 nitrogen and oxygen atoms in total. The lowest BCUT2D eigenvalue weighted by Gasteiger charge is -2.20. The Morgan fingerprint density at radius 2 is 1.80 bits per heavy atom. The van der Waals surface area contributed by atoms with Gasteiger partial charge in [-0.05, 0) is 23.3 Å². The van der Waals surface area contributed by atoms with Gasteiger partial charge in [0.15, 0.2) is 0 Å². The van der Waals surface area contributed by atoms with Crippen molar-refractivity contribution in [2.45, 2.75) is 12.1 Å². The SMILES string of the molecule is COC(c1ccc(-c2ccc(N)nc2)cc1)[C@H](N)CF. The van der Waals surface area contributed by atoms with E-state index in [1.54, 1.807) is 12.3 Å². The smallest absolute Gasteiger partial charge is 0.123 e. The minimum atomic E-state index is -0.663. The quantitative estimate of drug-likeness (QED) is 0.878. The Labute approximate surface area is 117 Å². The van der Waals surface area contributed by atoms with Crippen LogP contribution in [0.4, 0.5) is 10.2 Å². The van der Waals surface area contributed by atoms with E-state index in [1.807, 2.05) is 30.3 Å². The molecule has 0 aliphatic rings. The summed E-state index contributed by atoms with van der Waals surface area (Å²) >= 11 is 0. The molecule has 4 N–H and O–H groups in total. The van der Waals surface area contributed by atoms with Crippen LogP contribution < -0.4 is 11.5 Å². The number of benzene rings is 1. The minimum Gasteiger partial charge on any atom is -0.384 e. The van der Waals surface area contributed by atoms with Crippen LogP contribution >= 0.6 is 0 Å². The number of rotatable bonds is 5. The van der Waals surface area contributed by atoms with Crippen molar-refractivity contribution in [3.05, 3.63) is 48.2 Å². The standard InChI is InChI=1S/C15H18FN3O/c1-20-15(13(17)8-16)11-4-2-10(3-5-11)12-6-7-14(18)19-9-12/h2-7,9,13,15H,8,17H2,1H3,(H2,18,19)/t13-,15?/m1/s1. The number of nitrogens with zero attached hydrogens (tertiary/aromatic N) is 1. The van der Waals surface area contributed by atoms with Gasteiger partial charge in [-0.2, -0.15) is 0 Å². The average molecular weight is 275 g/mol. The van der Waals surface area contributed by atoms with E-state index in [-0.39, 0.29) is 0 Å². The average Bonchev–Trinajstić information content (AvgIpc) is 2.49. The van der Waals surface area contributed by atoms with Gasteiger partial charge in [0.1, 0.15) is 12.5 Å². The van der Waals surface area contributed by atoms with Crippen molar-refractivity contribution < 1.29 is 9.13 Å². The van der Waals surface area contributed by atoms with Gasteiger partial charge in [0, 0.05) is 18.9 Å². The molecule has 106 valence electrons. The Hall–Kier alpha value is -1.98. The van der Waals surface area contributed by atoms with Gasteiger partial charge >= 0.3 is 0 Å². The van der Waals surface area contributed by atoms with Crippen molar-refractivity contribution in [2.75, 3.05) is 19.5 Å². The van der Waals surface area contributed by atoms with Crippen LogP contribution in [0.5, 0.6) is 0 Å². The Morgan fingerprint density at radius 3 is 2.30 bits per heavy atom. The molecule has 0 saturated heterocycles. The van der Waals surface area contributed by atoms with Crippen molar-refractivity contribution >= 4 is 5.82 Å². The summed E-state index contributed by atoms with van der Waals surface area (Å²) in [6.45, 7) is -0.623. The summed E-state index contributed by atoms with van der Waals surface area (Å²) < 4.78 is 17.9. The highest BCUT2D eigenvalue weighted by Gasteiger charge is 2.19. The van der Waals surface area contributed by atoms with E-state index >= 15 is 0 Å². The molecular weight excluding hydrogens is 257 g/mol. The topological polar surface area (TPSA) is 74.2 Å². The highest BCUT2D eigenvalue weighted by atomic mass is 19.1. The van der Waals surface area contributed by atoms with Gasteiger partial charge in [0.25, 0.3) is 0 Å². The molecule has 0 spiro atoms. The zero-order valence-corrected chi connectivity index (χ0v) is 11.3. The van der Waals surface area contributed by atoms with E-state index < -0.39 is 18.8 Å². The van der Waals surface area contributed by atoms with Gasteiger partial charge in [0.05, 0.1) is 12.1 Å². The fourth-order valence-corrected chi connectivity index (χ4v) is 2.08. The second-order valence-corrected chi connectivity index (χ2v) is 4.57. The van der Waals surface area contributed by atoms with Crippen LogP contribution in [0.1, 0.15) is 11.7 Å². The molecule has 5 heteroatoms. The fourth-order valence-electron chi connectivity index (χ4n) is 2.08. The number of ether oxygens (including phenoxy) is 1. The van der Waals surface area contributed by atoms with Gasteiger partial charge in [0.2, 0.25) is 0 Å². The van der Waals surface area contributed by atoms with Gasteiger partial charge in [-0.1, -0.05) is 24.3 Å². The normalized spacial score (nSPS) is 13.9. The largest absolute Gasteiger partial charge is 0.384 e. The summed E-state index contributed by atoms with van der Waals surface area (Å²) in [7, 11) is 1.53. The second-order valence-electron chi connectivity index (χ2n) is 4.57. The van der Waals surface area contributed by atoms with Crippen molar-refractivity contribution in [1.82, 2.24) is 4.98 Å². The predicted molar refractivity (Wildman–Crippen MR) is 77.8 cm³/mol. The minimum absolute atomic E-state index is 0.446. The number of nitrogen functional groups attached to an aromatic ring is 1. The number of methoxy groups -OCH3 is 1. The molecule has 2 atom stereocenters. The van der Waals surface area contributed by atoms with E-state index in [0.29, 0.717) is 5.82 Å². The van der Waals surface area contributed by atoms with Crippen LogP contribution in [0.25, 0.3) is 11.1 Å². The summed E-state index contributed by atoms with van der Waals surface area (Å²) in [5, 5.41) is 0. The molecule has 0 fully saturated rings. The van der Waals surface area contributed by atoms with Crippen molar-refractivity contribution in [1.29, 1.82) is 0 Å². The molecule has 0 aliphatic heterocycles. The molecule has 1 heterocycles. The number of halogens is 1. The van der Waals surface area contributed by atoms with Crippen LogP contribution in [0.2, 0.25) is 0 Å². The first kappa shape index (κ1) is 14.4. The van der Waals surface area contributed by atoms with Crippen molar-refractivity contribution in [3.8, 4) is 11.1 Å². The molecule has 1 aromatic heterocycles. The lowest BCUT2D eigenvalue weighted by Crippen LogP contribution is -2.31. The molecule has 0 saturated carbocycles. The number of aromatic nitrogens is 1. The first-order valence-electron chi connectivity index (χ1n) is 6.32. The Bertz CT molecular complexity index is 542. The van der Waals surface area contributed by atoms with Crippen LogP contribution in [-0.4, -0.2) is 24.8 Å². The monoisotopic (exact) mass is 275 g/mol. The van der Waals surface area contributed by atoms with Gasteiger partial charge in [-0.15, -0.1) is 0 Å². The molecule has 20 heavy (non-hydrogen) atoms. The van der Waals surface area contributed by atoms with Crippen molar-refractivity contribution in [2.24, 2.45) is 5.73 Å². The Balaban J connectivity index is 2.23. The summed E-state index contributed by atoms with van der Waals surface area (Å²) in [5.74, 6) is 0.485. The van der Waals surface area contributed by atoms with E-state index in [2.05, 4.69) is 4.98 Å². The number of pyridine rings is 1. The van der Waals surface area contributed by atoms with Crippen LogP contribution in [0.3, 0.4) is 0 Å². The van der Waals surface area contributed by atoms with E-state index in [0.717, 1.165) is 16.7 Å². The van der Waals surface area contributed by atoms with Crippen LogP contribution in [0, 0.1) is 0 Å². The molecule has 2 aromatic rings. The zero-order valence-electron chi connectivity index (χ0n) is 11.3. The molecule has 2 rings (SSSR count). The Morgan fingerprint density at radius 1 is 1.15 bits per heavy atom. The lowest BCUT2D eigenvalue weighted by atomic mass is 10.00. The second kappa shape index (κ2) is 6.45. The molecule has 0 radical (unpaired) electrons. The highest BCUT2D eigenvalue weighted by molar-refractivity contribution is 5.63. The van der Waals surface area contributed by atoms with Gasteiger partial charge in [-0.25, -0.2) is 9.37 Å². The van der Waals surface area contributed by atoms with Gasteiger partial charge < -0.3 is 16.2 Å². The third-order valence-electron chi connectivity index (χ3n) is 3.18. The molecule has 0 bridgehead atoms. The summed E-state index contributed by atoms with van der Waals surface area (Å²) in [4.78, 5) is 4.05. The maximum absolute atomic E-state index is 12.7. The Kier molecular flexibility index (Phi) is 4.65. The first-order chi connectivity index (χ1) is 9.65. The maximum Gasteiger partial charge on any atom is 0.123 e. The number of alkyl halides is 1. The number of hydrogen-bond donors (Lipinski definition) is 2. The summed E-state index contributed by atoms with van der Waals surface area (Å²) in [6.07, 6.45) is 1.27. The van der Waals surface area contributed by atoms with Crippen LogP contribution in [0.15, 0.2) is 42.6 Å². The highest BCUT2D eigenvalue weighted by Crippen LogP contribution is 2.24. The molecule has 1 aromatic carbocycles. The van der Waals surface area contributed by atoms with E-state index in [9.17, 15) is 4.39 Å². The molecule has 1 unspecified atom stereocenters. The third kappa shape index (κ3) is 3.12. The summed E-state index contributed by atoms with van der Waals surface area (Å²) in [5.41, 5.74) is 14.1. The van der Waals surface area contributed by atoms with Crippen LogP contribution in [-0.2, 0) is 4.74 Å². The predicted octanol–water partition coefficient (Wildman–Crippen LogP) is 2.32. The summed E-state index contributed by atoms with van der Waals surface area (Å²) in [6, 6.07) is 10.6. The number of anilines is 1. The first-order valence-corrected chi connectivity index (χ1v) is 6.32. The molecule has 0 aliphatic carbocycles. The fraction of sp³-hybridized carbons (Fsp3) is 0.267. The molecular formula is C15H18FN3O. The number of nitrogens with two attached hydrogens (primary N) is 2. The lowest BCUT2D eigenvalue weighted by molar-refractivity contribution is 0.0721. The molecule has 0 amide bonds. The van der Waals surface area contributed by atoms with Crippen molar-refractivity contribution in [3.63, 3.8) is 0 Å². The van der Waals surface area contributed by atoms with E-state index in [1.165, 1.54) is 7.11 Å². The zero-order chi connectivity index (χ0) is 14.5. The number of hydrogen-bond acceptors (Lipinski definition) is 4. The van der Waals surface area contributed by atoms with E-state index in [4.69, 9.17) is 16.2 Å². The maximum atomic E-state index is 12.7.